The Bertz CT molecular complexity index is 267. The van der Waals surface area contributed by atoms with E-state index in [1.165, 1.54) is 0 Å². The van der Waals surface area contributed by atoms with Crippen molar-refractivity contribution >= 4 is 11.9 Å². The number of carbonyl (C=O) groups excluding carboxylic acids is 1. The molecule has 1 aliphatic rings. The molecule has 4 nitrogen and oxygen atoms in total. The molecule has 13 heavy (non-hydrogen) atoms. The summed E-state index contributed by atoms with van der Waals surface area (Å²) in [5, 5.41) is 11.1. The smallest absolute Gasteiger partial charge is 0.307 e. The molecule has 2 unspecified atom stereocenters. The number of nitrogens with one attached hydrogen (secondary N) is 1. The monoisotopic (exact) mass is 181 g/mol. The topological polar surface area (TPSA) is 66.4 Å². The minimum atomic E-state index is -0.892. The van der Waals surface area contributed by atoms with Crippen molar-refractivity contribution in [3.05, 3.63) is 0 Å². The summed E-state index contributed by atoms with van der Waals surface area (Å²) in [6, 6.07) is 0. The van der Waals surface area contributed by atoms with Crippen LogP contribution in [-0.4, -0.2) is 23.5 Å². The van der Waals surface area contributed by atoms with E-state index in [0.29, 0.717) is 19.4 Å². The second-order valence-electron chi connectivity index (χ2n) is 3.03. The molecule has 4 heteroatoms. The summed E-state index contributed by atoms with van der Waals surface area (Å²) in [7, 11) is 0. The van der Waals surface area contributed by atoms with E-state index in [0.717, 1.165) is 0 Å². The number of carboxylic acids is 1. The molecule has 1 saturated carbocycles. The molecule has 0 aromatic rings. The average molecular weight is 181 g/mol. The van der Waals surface area contributed by atoms with Gasteiger partial charge in [-0.1, -0.05) is 0 Å². The van der Waals surface area contributed by atoms with Crippen LogP contribution in [0.15, 0.2) is 0 Å². The van der Waals surface area contributed by atoms with Crippen molar-refractivity contribution in [2.24, 2.45) is 11.8 Å². The predicted molar refractivity (Wildman–Crippen MR) is 45.7 cm³/mol. The minimum Gasteiger partial charge on any atom is -0.481 e. The van der Waals surface area contributed by atoms with E-state index in [-0.39, 0.29) is 11.8 Å². The molecule has 0 heterocycles. The number of hydrogen-bond acceptors (Lipinski definition) is 2. The number of terminal acetylenes is 1. The molecule has 2 atom stereocenters. The van der Waals surface area contributed by atoms with E-state index < -0.39 is 11.9 Å². The van der Waals surface area contributed by atoms with Gasteiger partial charge in [-0.15, -0.1) is 12.3 Å². The summed E-state index contributed by atoms with van der Waals surface area (Å²) in [5.74, 6) is 0.483. The third kappa shape index (κ3) is 2.48. The molecule has 0 aromatic heterocycles. The summed E-state index contributed by atoms with van der Waals surface area (Å²) in [6.45, 7) is 0.429. The van der Waals surface area contributed by atoms with Gasteiger partial charge in [-0.3, -0.25) is 9.59 Å². The molecule has 2 N–H and O–H groups in total. The standard InChI is InChI=1S/C9H11NO3/c1-2-3-4-10-8(11)6-5-7(6)9(12)13/h1,6-7H,3-5H2,(H,10,11)(H,12,13). The zero-order chi connectivity index (χ0) is 9.84. The first-order chi connectivity index (χ1) is 6.16. The van der Waals surface area contributed by atoms with Crippen molar-refractivity contribution in [2.45, 2.75) is 12.8 Å². The van der Waals surface area contributed by atoms with Gasteiger partial charge in [0.15, 0.2) is 0 Å². The largest absolute Gasteiger partial charge is 0.481 e. The Morgan fingerprint density at radius 2 is 2.23 bits per heavy atom. The number of carboxylic acid groups (broad SMARTS) is 1. The van der Waals surface area contributed by atoms with Crippen LogP contribution in [0, 0.1) is 24.2 Å². The van der Waals surface area contributed by atoms with E-state index in [2.05, 4.69) is 11.2 Å². The Balaban J connectivity index is 2.21. The second kappa shape index (κ2) is 3.94. The number of rotatable bonds is 4. The highest BCUT2D eigenvalue weighted by Crippen LogP contribution is 2.38. The Morgan fingerprint density at radius 1 is 1.54 bits per heavy atom. The SMILES string of the molecule is C#CCCNC(=O)C1CC1C(=O)O. The third-order valence-corrected chi connectivity index (χ3v) is 2.01. The molecule has 0 aromatic carbocycles. The summed E-state index contributed by atoms with van der Waals surface area (Å²) >= 11 is 0. The molecule has 1 rings (SSSR count). The predicted octanol–water partition coefficient (Wildman–Crippen LogP) is -0.153. The quantitative estimate of drug-likeness (QED) is 0.468. The van der Waals surface area contributed by atoms with Crippen LogP contribution in [0.2, 0.25) is 0 Å². The highest BCUT2D eigenvalue weighted by Gasteiger charge is 2.48. The minimum absolute atomic E-state index is 0.192. The van der Waals surface area contributed by atoms with Gasteiger partial charge < -0.3 is 10.4 Å². The Kier molecular flexibility index (Phi) is 2.91. The summed E-state index contributed by atoms with van der Waals surface area (Å²) in [6.07, 6.45) is 5.92. The maximum atomic E-state index is 11.2. The Morgan fingerprint density at radius 3 is 2.69 bits per heavy atom. The fraction of sp³-hybridized carbons (Fsp3) is 0.556. The van der Waals surface area contributed by atoms with Crippen molar-refractivity contribution in [2.75, 3.05) is 6.54 Å². The van der Waals surface area contributed by atoms with Gasteiger partial charge in [0.2, 0.25) is 5.91 Å². The zero-order valence-electron chi connectivity index (χ0n) is 7.12. The fourth-order valence-electron chi connectivity index (χ4n) is 1.15. The Labute approximate surface area is 76.3 Å². The zero-order valence-corrected chi connectivity index (χ0v) is 7.12. The van der Waals surface area contributed by atoms with Crippen molar-refractivity contribution in [3.8, 4) is 12.3 Å². The maximum absolute atomic E-state index is 11.2. The summed E-state index contributed by atoms with van der Waals surface area (Å²) in [4.78, 5) is 21.5. The molecule has 0 spiro atoms. The first-order valence-electron chi connectivity index (χ1n) is 4.10. The van der Waals surface area contributed by atoms with E-state index in [1.54, 1.807) is 0 Å². The molecule has 0 saturated heterocycles. The molecule has 0 radical (unpaired) electrons. The number of hydrogen-bond donors (Lipinski definition) is 2. The number of aliphatic carboxylic acids is 1. The summed E-state index contributed by atoms with van der Waals surface area (Å²) in [5.41, 5.74) is 0. The van der Waals surface area contributed by atoms with Crippen molar-refractivity contribution in [3.63, 3.8) is 0 Å². The van der Waals surface area contributed by atoms with E-state index in [9.17, 15) is 9.59 Å². The van der Waals surface area contributed by atoms with Gasteiger partial charge >= 0.3 is 5.97 Å². The van der Waals surface area contributed by atoms with Crippen LogP contribution in [0.4, 0.5) is 0 Å². The van der Waals surface area contributed by atoms with E-state index >= 15 is 0 Å². The molecule has 70 valence electrons. The van der Waals surface area contributed by atoms with Crippen LogP contribution in [0.1, 0.15) is 12.8 Å². The number of amides is 1. The van der Waals surface area contributed by atoms with Crippen LogP contribution in [0.5, 0.6) is 0 Å². The third-order valence-electron chi connectivity index (χ3n) is 2.01. The highest BCUT2D eigenvalue weighted by atomic mass is 16.4. The van der Waals surface area contributed by atoms with Gasteiger partial charge in [0, 0.05) is 13.0 Å². The van der Waals surface area contributed by atoms with Gasteiger partial charge in [0.1, 0.15) is 0 Å². The molecule has 0 bridgehead atoms. The lowest BCUT2D eigenvalue weighted by Crippen LogP contribution is -2.27. The first kappa shape index (κ1) is 9.59. The molecular formula is C9H11NO3. The van der Waals surface area contributed by atoms with Gasteiger partial charge in [-0.25, -0.2) is 0 Å². The highest BCUT2D eigenvalue weighted by molar-refractivity contribution is 5.89. The molecule has 0 aliphatic heterocycles. The van der Waals surface area contributed by atoms with Gasteiger partial charge in [0.05, 0.1) is 11.8 Å². The molecule has 1 aliphatic carbocycles. The normalized spacial score (nSPS) is 24.5. The first-order valence-corrected chi connectivity index (χ1v) is 4.10. The van der Waals surface area contributed by atoms with Gasteiger partial charge in [-0.2, -0.15) is 0 Å². The lowest BCUT2D eigenvalue weighted by molar-refractivity contribution is -0.140. The van der Waals surface area contributed by atoms with E-state index in [4.69, 9.17) is 11.5 Å². The molecular weight excluding hydrogens is 170 g/mol. The van der Waals surface area contributed by atoms with Crippen LogP contribution < -0.4 is 5.32 Å². The van der Waals surface area contributed by atoms with Crippen molar-refractivity contribution < 1.29 is 14.7 Å². The van der Waals surface area contributed by atoms with Crippen molar-refractivity contribution in [1.82, 2.24) is 5.32 Å². The summed E-state index contributed by atoms with van der Waals surface area (Å²) < 4.78 is 0. The molecule has 1 amide bonds. The van der Waals surface area contributed by atoms with Gasteiger partial charge in [-0.05, 0) is 6.42 Å². The van der Waals surface area contributed by atoms with E-state index in [1.807, 2.05) is 0 Å². The number of carbonyl (C=O) groups is 2. The lowest BCUT2D eigenvalue weighted by atomic mass is 10.3. The fourth-order valence-corrected chi connectivity index (χ4v) is 1.15. The van der Waals surface area contributed by atoms with Crippen LogP contribution >= 0.6 is 0 Å². The average Bonchev–Trinajstić information content (AvgIpc) is 2.83. The maximum Gasteiger partial charge on any atom is 0.307 e. The lowest BCUT2D eigenvalue weighted by Gasteiger charge is -1.99. The van der Waals surface area contributed by atoms with Gasteiger partial charge in [0.25, 0.3) is 0 Å². The second-order valence-corrected chi connectivity index (χ2v) is 3.03. The van der Waals surface area contributed by atoms with Crippen LogP contribution in [0.25, 0.3) is 0 Å². The van der Waals surface area contributed by atoms with Crippen LogP contribution in [0.3, 0.4) is 0 Å². The Hall–Kier alpha value is -1.50. The van der Waals surface area contributed by atoms with Crippen molar-refractivity contribution in [1.29, 1.82) is 0 Å². The van der Waals surface area contributed by atoms with Crippen LogP contribution in [-0.2, 0) is 9.59 Å². The molecule has 1 fully saturated rings.